The Hall–Kier alpha value is -1.33. The molecule has 0 fully saturated rings. The average molecular weight is 224 g/mol. The van der Waals surface area contributed by atoms with E-state index in [1.54, 1.807) is 6.07 Å². The van der Waals surface area contributed by atoms with Crippen LogP contribution in [0.5, 0.6) is 5.88 Å². The van der Waals surface area contributed by atoms with Crippen molar-refractivity contribution in [3.05, 3.63) is 18.2 Å². The number of hydrogen-bond acceptors (Lipinski definition) is 5. The number of pyridine rings is 1. The third-order valence-corrected chi connectivity index (χ3v) is 2.66. The van der Waals surface area contributed by atoms with E-state index in [4.69, 9.17) is 10.6 Å². The van der Waals surface area contributed by atoms with Crippen LogP contribution in [0.25, 0.3) is 0 Å². The second-order valence-electron chi connectivity index (χ2n) is 4.50. The molecule has 0 saturated heterocycles. The van der Waals surface area contributed by atoms with Gasteiger partial charge in [-0.2, -0.15) is 4.98 Å². The van der Waals surface area contributed by atoms with Crippen molar-refractivity contribution in [1.82, 2.24) is 9.88 Å². The van der Waals surface area contributed by atoms with Crippen molar-refractivity contribution in [1.29, 1.82) is 0 Å². The Morgan fingerprint density at radius 3 is 2.69 bits per heavy atom. The molecule has 1 aromatic heterocycles. The van der Waals surface area contributed by atoms with Crippen LogP contribution in [0.15, 0.2) is 18.2 Å². The molecular weight excluding hydrogens is 204 g/mol. The first-order valence-corrected chi connectivity index (χ1v) is 5.19. The lowest BCUT2D eigenvalue weighted by Gasteiger charge is -2.31. The highest BCUT2D eigenvalue weighted by molar-refractivity contribution is 5.35. The molecule has 5 nitrogen and oxygen atoms in total. The summed E-state index contributed by atoms with van der Waals surface area (Å²) in [5.41, 5.74) is 2.45. The number of hydrogen-bond donors (Lipinski definition) is 2. The van der Waals surface area contributed by atoms with Gasteiger partial charge in [-0.3, -0.25) is 0 Å². The molecule has 1 aromatic rings. The number of nitrogens with one attached hydrogen (secondary N) is 1. The summed E-state index contributed by atoms with van der Waals surface area (Å²) in [6, 6.07) is 5.44. The van der Waals surface area contributed by atoms with Gasteiger partial charge in [0.1, 0.15) is 12.4 Å². The summed E-state index contributed by atoms with van der Waals surface area (Å²) in [5.74, 6) is 6.44. The highest BCUT2D eigenvalue weighted by Crippen LogP contribution is 2.15. The molecule has 0 aliphatic heterocycles. The van der Waals surface area contributed by atoms with E-state index in [1.807, 2.05) is 26.2 Å². The molecule has 90 valence electrons. The number of anilines is 1. The lowest BCUT2D eigenvalue weighted by atomic mass is 10.1. The number of rotatable bonds is 5. The number of likely N-dealkylation sites (N-methyl/N-ethyl adjacent to an activating group) is 1. The van der Waals surface area contributed by atoms with Gasteiger partial charge in [0, 0.05) is 11.6 Å². The fraction of sp³-hybridized carbons (Fsp3) is 0.545. The van der Waals surface area contributed by atoms with Crippen molar-refractivity contribution in [3.63, 3.8) is 0 Å². The van der Waals surface area contributed by atoms with Crippen LogP contribution in [0.1, 0.15) is 13.8 Å². The average Bonchev–Trinajstić information content (AvgIpc) is 2.26. The first-order valence-electron chi connectivity index (χ1n) is 5.19. The monoisotopic (exact) mass is 224 g/mol. The largest absolute Gasteiger partial charge is 0.476 e. The van der Waals surface area contributed by atoms with E-state index in [2.05, 4.69) is 29.2 Å². The van der Waals surface area contributed by atoms with Crippen LogP contribution in [0.2, 0.25) is 0 Å². The van der Waals surface area contributed by atoms with E-state index in [0.717, 1.165) is 0 Å². The second-order valence-corrected chi connectivity index (χ2v) is 4.50. The number of nitrogens with zero attached hydrogens (tertiary/aromatic N) is 2. The Morgan fingerprint density at radius 2 is 2.12 bits per heavy atom. The van der Waals surface area contributed by atoms with Crippen LogP contribution in [0.4, 0.5) is 5.82 Å². The minimum Gasteiger partial charge on any atom is -0.476 e. The zero-order valence-corrected chi connectivity index (χ0v) is 10.3. The Kier molecular flexibility index (Phi) is 4.09. The van der Waals surface area contributed by atoms with Gasteiger partial charge in [-0.05, 0) is 34.0 Å². The molecule has 0 aromatic carbocycles. The van der Waals surface area contributed by atoms with E-state index >= 15 is 0 Å². The Bertz CT molecular complexity index is 339. The fourth-order valence-electron chi connectivity index (χ4n) is 0.955. The van der Waals surface area contributed by atoms with Crippen LogP contribution < -0.4 is 16.0 Å². The van der Waals surface area contributed by atoms with Crippen LogP contribution in [0.3, 0.4) is 0 Å². The molecule has 16 heavy (non-hydrogen) atoms. The molecule has 0 spiro atoms. The third-order valence-electron chi connectivity index (χ3n) is 2.66. The van der Waals surface area contributed by atoms with E-state index in [9.17, 15) is 0 Å². The van der Waals surface area contributed by atoms with Gasteiger partial charge in [0.15, 0.2) is 0 Å². The zero-order valence-electron chi connectivity index (χ0n) is 10.3. The zero-order chi connectivity index (χ0) is 12.2. The topological polar surface area (TPSA) is 63.4 Å². The Labute approximate surface area is 96.6 Å². The summed E-state index contributed by atoms with van der Waals surface area (Å²) in [5, 5.41) is 0. The quantitative estimate of drug-likeness (QED) is 0.579. The molecule has 1 rings (SSSR count). The molecule has 0 bridgehead atoms. The molecule has 0 radical (unpaired) electrons. The van der Waals surface area contributed by atoms with E-state index < -0.39 is 0 Å². The van der Waals surface area contributed by atoms with Crippen LogP contribution >= 0.6 is 0 Å². The smallest absolute Gasteiger partial charge is 0.215 e. The van der Waals surface area contributed by atoms with Gasteiger partial charge in [0.2, 0.25) is 5.88 Å². The summed E-state index contributed by atoms with van der Waals surface area (Å²) in [6.07, 6.45) is 0. The summed E-state index contributed by atoms with van der Waals surface area (Å²) in [4.78, 5) is 6.29. The lowest BCUT2D eigenvalue weighted by Crippen LogP contribution is -2.43. The van der Waals surface area contributed by atoms with Gasteiger partial charge in [-0.25, -0.2) is 5.84 Å². The molecule has 3 N–H and O–H groups in total. The fourth-order valence-corrected chi connectivity index (χ4v) is 0.955. The maximum atomic E-state index is 5.63. The first-order chi connectivity index (χ1) is 7.45. The highest BCUT2D eigenvalue weighted by atomic mass is 16.5. The molecule has 0 atom stereocenters. The van der Waals surface area contributed by atoms with Crippen molar-refractivity contribution in [2.24, 2.45) is 5.84 Å². The van der Waals surface area contributed by atoms with Crippen molar-refractivity contribution in [2.75, 3.05) is 26.1 Å². The second kappa shape index (κ2) is 5.14. The molecule has 5 heteroatoms. The molecule has 0 aliphatic carbocycles. The normalized spacial score (nSPS) is 11.6. The first kappa shape index (κ1) is 12.7. The molecule has 0 amide bonds. The Balaban J connectivity index is 2.60. The molecule has 1 heterocycles. The third kappa shape index (κ3) is 3.36. The molecule has 0 aliphatic rings. The summed E-state index contributed by atoms with van der Waals surface area (Å²) in [6.45, 7) is 4.79. The maximum absolute atomic E-state index is 5.63. The van der Waals surface area contributed by atoms with E-state index in [0.29, 0.717) is 18.3 Å². The van der Waals surface area contributed by atoms with Gasteiger partial charge >= 0.3 is 0 Å². The summed E-state index contributed by atoms with van der Waals surface area (Å²) in [7, 11) is 4.04. The van der Waals surface area contributed by atoms with Crippen molar-refractivity contribution >= 4 is 5.82 Å². The molecule has 0 saturated carbocycles. The molecule has 0 unspecified atom stereocenters. The number of aromatic nitrogens is 1. The molecular formula is C11H20N4O. The van der Waals surface area contributed by atoms with Gasteiger partial charge in [0.25, 0.3) is 0 Å². The van der Waals surface area contributed by atoms with Gasteiger partial charge < -0.3 is 15.1 Å². The minimum atomic E-state index is -0.0339. The van der Waals surface area contributed by atoms with E-state index in [-0.39, 0.29) is 5.54 Å². The maximum Gasteiger partial charge on any atom is 0.215 e. The van der Waals surface area contributed by atoms with Crippen LogP contribution in [-0.2, 0) is 0 Å². The summed E-state index contributed by atoms with van der Waals surface area (Å²) < 4.78 is 5.63. The van der Waals surface area contributed by atoms with Crippen molar-refractivity contribution in [2.45, 2.75) is 19.4 Å². The van der Waals surface area contributed by atoms with Gasteiger partial charge in [0.05, 0.1) is 0 Å². The lowest BCUT2D eigenvalue weighted by molar-refractivity contribution is 0.111. The predicted octanol–water partition coefficient (Wildman–Crippen LogP) is 1.09. The number of hydrazine groups is 1. The van der Waals surface area contributed by atoms with Crippen molar-refractivity contribution < 1.29 is 4.74 Å². The number of nitrogens with two attached hydrogens (primary N) is 1. The number of nitrogen functional groups attached to an aromatic ring is 1. The van der Waals surface area contributed by atoms with Gasteiger partial charge in [-0.15, -0.1) is 0 Å². The highest BCUT2D eigenvalue weighted by Gasteiger charge is 2.21. The number of ether oxygens (including phenoxy) is 1. The predicted molar refractivity (Wildman–Crippen MR) is 65.3 cm³/mol. The van der Waals surface area contributed by atoms with Crippen LogP contribution in [-0.4, -0.2) is 36.1 Å². The standard InChI is InChI=1S/C11H20N4O/c1-11(2,15(3)4)8-16-10-7-5-6-9(13-10)14-12/h5-7H,8,12H2,1-4H3,(H,13,14). The summed E-state index contributed by atoms with van der Waals surface area (Å²) >= 11 is 0. The van der Waals surface area contributed by atoms with Crippen molar-refractivity contribution in [3.8, 4) is 5.88 Å². The Morgan fingerprint density at radius 1 is 1.44 bits per heavy atom. The van der Waals surface area contributed by atoms with Crippen LogP contribution in [0, 0.1) is 0 Å². The SMILES string of the molecule is CN(C)C(C)(C)COc1cccc(NN)n1. The van der Waals surface area contributed by atoms with E-state index in [1.165, 1.54) is 0 Å². The van der Waals surface area contributed by atoms with Gasteiger partial charge in [-0.1, -0.05) is 6.07 Å². The minimum absolute atomic E-state index is 0.0339.